The van der Waals surface area contributed by atoms with E-state index < -0.39 is 4.75 Å². The minimum atomic E-state index is -0.883. The van der Waals surface area contributed by atoms with Gasteiger partial charge < -0.3 is 19.7 Å². The molecule has 2 fully saturated rings. The van der Waals surface area contributed by atoms with Gasteiger partial charge in [0.05, 0.1) is 6.42 Å². The van der Waals surface area contributed by atoms with Crippen LogP contribution in [-0.2, 0) is 20.9 Å². The Morgan fingerprint density at radius 2 is 1.62 bits per heavy atom. The van der Waals surface area contributed by atoms with E-state index in [0.29, 0.717) is 39.3 Å². The topological polar surface area (TPSA) is 76.7 Å². The predicted molar refractivity (Wildman–Crippen MR) is 185 cm³/mol. The van der Waals surface area contributed by atoms with Crippen molar-refractivity contribution in [2.24, 2.45) is 5.92 Å². The molecule has 0 bridgehead atoms. The number of nitrogens with one attached hydrogen (secondary N) is 1. The Morgan fingerprint density at radius 1 is 0.956 bits per heavy atom. The van der Waals surface area contributed by atoms with Crippen LogP contribution in [0, 0.1) is 12.8 Å². The molecule has 45 heavy (non-hydrogen) atoms. The van der Waals surface area contributed by atoms with Gasteiger partial charge in [-0.25, -0.2) is 0 Å². The van der Waals surface area contributed by atoms with Gasteiger partial charge in [-0.2, -0.15) is 0 Å². The van der Waals surface area contributed by atoms with Crippen LogP contribution in [-0.4, -0.2) is 74.9 Å². The fourth-order valence-corrected chi connectivity index (χ4v) is 7.45. The highest BCUT2D eigenvalue weighted by atomic mass is 79.9. The second-order valence-corrected chi connectivity index (χ2v) is 14.8. The maximum atomic E-state index is 14.0. The Kier molecular flexibility index (Phi) is 10.6. The Labute approximate surface area is 282 Å². The molecular formula is C35H38BrClN4O3S. The van der Waals surface area contributed by atoms with Gasteiger partial charge in [-0.05, 0) is 60.3 Å². The minimum Gasteiger partial charge on any atom is -0.361 e. The van der Waals surface area contributed by atoms with Crippen LogP contribution in [0.3, 0.4) is 0 Å². The summed E-state index contributed by atoms with van der Waals surface area (Å²) in [5.74, 6) is 0.0544. The van der Waals surface area contributed by atoms with Gasteiger partial charge in [-0.15, -0.1) is 11.8 Å². The summed E-state index contributed by atoms with van der Waals surface area (Å²) >= 11 is 10.7. The number of likely N-dealkylation sites (tertiary alicyclic amines) is 1. The Morgan fingerprint density at radius 3 is 2.29 bits per heavy atom. The summed E-state index contributed by atoms with van der Waals surface area (Å²) in [6.45, 7) is 8.73. The molecular weight excluding hydrogens is 672 g/mol. The van der Waals surface area contributed by atoms with Crippen molar-refractivity contribution in [1.82, 2.24) is 19.7 Å². The number of thioether (sulfide) groups is 1. The third kappa shape index (κ3) is 8.12. The van der Waals surface area contributed by atoms with E-state index >= 15 is 0 Å². The number of halogens is 2. The predicted octanol–water partition coefficient (Wildman–Crippen LogP) is 7.17. The number of benzene rings is 3. The molecule has 3 heterocycles. The third-order valence-corrected chi connectivity index (χ3v) is 10.2. The fourth-order valence-electron chi connectivity index (χ4n) is 5.65. The molecule has 10 heteroatoms. The van der Waals surface area contributed by atoms with Gasteiger partial charge in [0, 0.05) is 71.3 Å². The van der Waals surface area contributed by atoms with E-state index in [1.165, 1.54) is 17.1 Å². The molecule has 0 radical (unpaired) electrons. The summed E-state index contributed by atoms with van der Waals surface area (Å²) in [7, 11) is 0. The first-order valence-corrected chi connectivity index (χ1v) is 17.1. The maximum Gasteiger partial charge on any atom is 0.241 e. The van der Waals surface area contributed by atoms with Crippen molar-refractivity contribution in [3.63, 3.8) is 0 Å². The van der Waals surface area contributed by atoms with Gasteiger partial charge in [0.2, 0.25) is 17.7 Å². The minimum absolute atomic E-state index is 0.00509. The number of rotatable bonds is 6. The summed E-state index contributed by atoms with van der Waals surface area (Å²) in [6, 6.07) is 23.9. The lowest BCUT2D eigenvalue weighted by Crippen LogP contribution is -2.56. The first-order valence-electron chi connectivity index (χ1n) is 15.1. The van der Waals surface area contributed by atoms with E-state index in [1.807, 2.05) is 110 Å². The van der Waals surface area contributed by atoms with Gasteiger partial charge in [-0.3, -0.25) is 14.4 Å². The van der Waals surface area contributed by atoms with E-state index in [9.17, 15) is 14.4 Å². The molecule has 1 aromatic heterocycles. The second-order valence-electron chi connectivity index (χ2n) is 11.9. The van der Waals surface area contributed by atoms with Gasteiger partial charge in [0.25, 0.3) is 0 Å². The van der Waals surface area contributed by atoms with Crippen molar-refractivity contribution in [1.29, 1.82) is 0 Å². The molecule has 236 valence electrons. The smallest absolute Gasteiger partial charge is 0.241 e. The first kappa shape index (κ1) is 33.1. The first-order chi connectivity index (χ1) is 21.5. The van der Waals surface area contributed by atoms with Crippen LogP contribution in [0.15, 0.2) is 88.4 Å². The molecule has 2 aliphatic rings. The SMILES string of the molecule is Cc1ccc(SC2(C(=O)N3CCN(C(=O)C(C)C)CC3)CC(=O)N(Cc3ccc(Br)cc3)C2)cc1.Clc1ccc2cc[nH]c2c1. The summed E-state index contributed by atoms with van der Waals surface area (Å²) in [5, 5.41) is 1.97. The van der Waals surface area contributed by atoms with Crippen molar-refractivity contribution >= 4 is 67.9 Å². The molecule has 7 nitrogen and oxygen atoms in total. The van der Waals surface area contributed by atoms with E-state index in [-0.39, 0.29) is 30.1 Å². The Balaban J connectivity index is 0.000000336. The number of fused-ring (bicyclic) bond motifs is 1. The lowest BCUT2D eigenvalue weighted by molar-refractivity contribution is -0.142. The highest BCUT2D eigenvalue weighted by Gasteiger charge is 2.51. The lowest BCUT2D eigenvalue weighted by Gasteiger charge is -2.39. The molecule has 3 amide bonds. The van der Waals surface area contributed by atoms with E-state index in [1.54, 1.807) is 4.90 Å². The normalized spacial score (nSPS) is 18.4. The molecule has 1 N–H and O–H groups in total. The highest BCUT2D eigenvalue weighted by Crippen LogP contribution is 2.43. The van der Waals surface area contributed by atoms with Crippen molar-refractivity contribution in [3.05, 3.63) is 99.6 Å². The number of piperazine rings is 1. The number of nitrogens with zero attached hydrogens (tertiary/aromatic N) is 3. The molecule has 0 aliphatic carbocycles. The number of amides is 3. The van der Waals surface area contributed by atoms with Crippen molar-refractivity contribution in [2.75, 3.05) is 32.7 Å². The average molecular weight is 710 g/mol. The standard InChI is InChI=1S/C27H32BrN3O3S.C8H6ClN/c1-19(2)25(33)29-12-14-30(15-13-29)26(34)27(35-23-10-4-20(3)5-11-23)16-24(32)31(18-27)17-21-6-8-22(28)9-7-21;9-7-2-1-6-3-4-10-8(6)5-7/h4-11,19H,12-18H2,1-3H3;1-5,10H. The van der Waals surface area contributed by atoms with Crippen molar-refractivity contribution in [2.45, 2.75) is 43.4 Å². The van der Waals surface area contributed by atoms with Crippen LogP contribution in [0.2, 0.25) is 5.02 Å². The number of aromatic amines is 1. The maximum absolute atomic E-state index is 14.0. The van der Waals surface area contributed by atoms with Crippen LogP contribution < -0.4 is 0 Å². The third-order valence-electron chi connectivity index (χ3n) is 8.14. The zero-order valence-corrected chi connectivity index (χ0v) is 28.9. The van der Waals surface area contributed by atoms with Crippen molar-refractivity contribution in [3.8, 4) is 0 Å². The summed E-state index contributed by atoms with van der Waals surface area (Å²) in [4.78, 5) is 49.2. The molecule has 6 rings (SSSR count). The van der Waals surface area contributed by atoms with E-state index in [0.717, 1.165) is 31.0 Å². The van der Waals surface area contributed by atoms with Gasteiger partial charge >= 0.3 is 0 Å². The Hall–Kier alpha value is -3.27. The van der Waals surface area contributed by atoms with Crippen LogP contribution in [0.1, 0.15) is 31.4 Å². The summed E-state index contributed by atoms with van der Waals surface area (Å²) in [5.41, 5.74) is 3.28. The molecule has 0 spiro atoms. The zero-order valence-electron chi connectivity index (χ0n) is 25.8. The number of carbonyl (C=O) groups is 3. The van der Waals surface area contributed by atoms with E-state index in [2.05, 4.69) is 20.9 Å². The molecule has 0 saturated carbocycles. The fraction of sp³-hybridized carbons (Fsp3) is 0.343. The molecule has 2 saturated heterocycles. The van der Waals surface area contributed by atoms with Crippen LogP contribution in [0.5, 0.6) is 0 Å². The molecule has 1 atom stereocenters. The Bertz CT molecular complexity index is 1650. The van der Waals surface area contributed by atoms with Gasteiger partial charge in [0.1, 0.15) is 4.75 Å². The average Bonchev–Trinajstić information content (AvgIpc) is 3.62. The van der Waals surface area contributed by atoms with Gasteiger partial charge in [-0.1, -0.05) is 77.3 Å². The molecule has 2 aliphatic heterocycles. The number of hydrogen-bond acceptors (Lipinski definition) is 4. The summed E-state index contributed by atoms with van der Waals surface area (Å²) in [6.07, 6.45) is 2.08. The largest absolute Gasteiger partial charge is 0.361 e. The molecule has 1 unspecified atom stereocenters. The quantitative estimate of drug-likeness (QED) is 0.231. The second kappa shape index (κ2) is 14.4. The van der Waals surface area contributed by atoms with Crippen LogP contribution >= 0.6 is 39.3 Å². The number of hydrogen-bond donors (Lipinski definition) is 1. The highest BCUT2D eigenvalue weighted by molar-refractivity contribution is 9.10. The van der Waals surface area contributed by atoms with Gasteiger partial charge in [0.15, 0.2) is 0 Å². The van der Waals surface area contributed by atoms with Crippen LogP contribution in [0.4, 0.5) is 0 Å². The number of carbonyl (C=O) groups excluding carboxylic acids is 3. The number of aryl methyl sites for hydroxylation is 1. The molecule has 3 aromatic carbocycles. The zero-order chi connectivity index (χ0) is 32.1. The van der Waals surface area contributed by atoms with Crippen molar-refractivity contribution < 1.29 is 14.4 Å². The monoisotopic (exact) mass is 708 g/mol. The number of aromatic nitrogens is 1. The molecule has 4 aromatic rings. The van der Waals surface area contributed by atoms with E-state index in [4.69, 9.17) is 11.6 Å². The number of H-pyrrole nitrogens is 1. The summed E-state index contributed by atoms with van der Waals surface area (Å²) < 4.78 is 0.106. The van der Waals surface area contributed by atoms with Crippen LogP contribution in [0.25, 0.3) is 10.9 Å². The lowest BCUT2D eigenvalue weighted by atomic mass is 10.0.